The lowest BCUT2D eigenvalue weighted by atomic mass is 9.91. The van der Waals surface area contributed by atoms with E-state index in [1.54, 1.807) is 12.1 Å². The Labute approximate surface area is 248 Å². The van der Waals surface area contributed by atoms with Gasteiger partial charge in [-0.25, -0.2) is 13.2 Å². The molecule has 42 heavy (non-hydrogen) atoms. The monoisotopic (exact) mass is 605 g/mol. The first-order valence-electron chi connectivity index (χ1n) is 14.4. The van der Waals surface area contributed by atoms with E-state index in [0.29, 0.717) is 25.4 Å². The van der Waals surface area contributed by atoms with Crippen LogP contribution in [0, 0.1) is 11.8 Å². The molecular weight excluding hydrogens is 562 g/mol. The predicted molar refractivity (Wildman–Crippen MR) is 157 cm³/mol. The van der Waals surface area contributed by atoms with Crippen LogP contribution in [-0.4, -0.2) is 95.0 Å². The third kappa shape index (κ3) is 8.00. The zero-order valence-corrected chi connectivity index (χ0v) is 25.5. The fraction of sp³-hybridized carbons (Fsp3) is 0.567. The molecule has 4 rings (SSSR count). The molecule has 0 unspecified atom stereocenters. The number of likely N-dealkylation sites (N-methyl/N-ethyl adjacent to an activating group) is 1. The van der Waals surface area contributed by atoms with Crippen LogP contribution in [0.25, 0.3) is 0 Å². The number of methoxy groups -OCH3 is 1. The van der Waals surface area contributed by atoms with E-state index < -0.39 is 40.7 Å². The van der Waals surface area contributed by atoms with E-state index in [1.165, 1.54) is 23.5 Å². The average Bonchev–Trinajstić information content (AvgIpc) is 3.41. The smallest absolute Gasteiger partial charge is 0.407 e. The van der Waals surface area contributed by atoms with Crippen LogP contribution in [0.15, 0.2) is 59.5 Å². The molecular formula is C30H43N3O8S. The number of ether oxygens (including phenoxy) is 4. The molecule has 0 aromatic heterocycles. The lowest BCUT2D eigenvalue weighted by Gasteiger charge is -2.35. The van der Waals surface area contributed by atoms with Gasteiger partial charge in [-0.2, -0.15) is 4.31 Å². The maximum absolute atomic E-state index is 13.7. The highest BCUT2D eigenvalue weighted by molar-refractivity contribution is 7.89. The van der Waals surface area contributed by atoms with E-state index in [-0.39, 0.29) is 42.3 Å². The van der Waals surface area contributed by atoms with Crippen molar-refractivity contribution in [3.05, 3.63) is 60.2 Å². The van der Waals surface area contributed by atoms with Crippen molar-refractivity contribution in [2.24, 2.45) is 11.8 Å². The summed E-state index contributed by atoms with van der Waals surface area (Å²) in [5.41, 5.74) is 0.876. The van der Waals surface area contributed by atoms with Gasteiger partial charge in [0.2, 0.25) is 10.0 Å². The number of amides is 1. The van der Waals surface area contributed by atoms with Gasteiger partial charge in [0.1, 0.15) is 11.9 Å². The number of benzene rings is 2. The maximum atomic E-state index is 13.7. The van der Waals surface area contributed by atoms with E-state index in [2.05, 4.69) is 10.6 Å². The zero-order valence-electron chi connectivity index (χ0n) is 24.6. The van der Waals surface area contributed by atoms with Crippen LogP contribution < -0.4 is 15.4 Å². The Hall–Kier alpha value is -2.74. The van der Waals surface area contributed by atoms with Gasteiger partial charge in [-0.3, -0.25) is 0 Å². The number of nitrogens with zero attached hydrogens (tertiary/aromatic N) is 1. The van der Waals surface area contributed by atoms with Crippen LogP contribution in [0.3, 0.4) is 0 Å². The molecule has 2 aromatic carbocycles. The third-order valence-corrected chi connectivity index (χ3v) is 9.53. The third-order valence-electron chi connectivity index (χ3n) is 7.68. The molecule has 0 bridgehead atoms. The largest absolute Gasteiger partial charge is 0.497 e. The number of carbonyl (C=O) groups is 1. The van der Waals surface area contributed by atoms with E-state index in [4.69, 9.17) is 18.9 Å². The minimum Gasteiger partial charge on any atom is -0.497 e. The van der Waals surface area contributed by atoms with E-state index in [1.807, 2.05) is 51.2 Å². The molecule has 11 nitrogen and oxygen atoms in total. The first-order chi connectivity index (χ1) is 20.1. The number of carbonyl (C=O) groups excluding carboxylic acids is 1. The highest BCUT2D eigenvalue weighted by Gasteiger charge is 2.47. The van der Waals surface area contributed by atoms with Crippen molar-refractivity contribution in [3.63, 3.8) is 0 Å². The maximum Gasteiger partial charge on any atom is 0.407 e. The zero-order chi connectivity index (χ0) is 30.3. The van der Waals surface area contributed by atoms with Crippen molar-refractivity contribution < 1.29 is 37.3 Å². The number of alkyl carbamates (subject to hydrolysis) is 1. The number of sulfonamides is 1. The molecule has 0 spiro atoms. The van der Waals surface area contributed by atoms with Crippen LogP contribution in [-0.2, 0) is 30.7 Å². The molecule has 2 aliphatic rings. The van der Waals surface area contributed by atoms with Crippen molar-refractivity contribution in [3.8, 4) is 5.75 Å². The molecule has 2 fully saturated rings. The lowest BCUT2D eigenvalue weighted by molar-refractivity contribution is -0.180. The first kappa shape index (κ1) is 32.2. The molecule has 0 radical (unpaired) electrons. The van der Waals surface area contributed by atoms with Crippen molar-refractivity contribution in [2.75, 3.05) is 40.5 Å². The first-order valence-corrected chi connectivity index (χ1v) is 15.8. The highest BCUT2D eigenvalue weighted by Crippen LogP contribution is 2.33. The molecule has 2 aromatic rings. The van der Waals surface area contributed by atoms with Crippen molar-refractivity contribution in [1.82, 2.24) is 14.9 Å². The summed E-state index contributed by atoms with van der Waals surface area (Å²) in [6, 6.07) is 14.7. The Kier molecular flexibility index (Phi) is 11.2. The molecule has 12 heteroatoms. The number of hydrogen-bond donors (Lipinski definition) is 3. The Balaban J connectivity index is 1.52. The second-order valence-electron chi connectivity index (χ2n) is 11.2. The van der Waals surface area contributed by atoms with Gasteiger partial charge in [-0.05, 0) is 49.2 Å². The number of hydrogen-bond acceptors (Lipinski definition) is 9. The molecule has 0 saturated carbocycles. The average molecular weight is 606 g/mol. The topological polar surface area (TPSA) is 136 Å². The number of aliphatic hydroxyl groups excluding tert-OH is 1. The number of rotatable bonds is 13. The summed E-state index contributed by atoms with van der Waals surface area (Å²) >= 11 is 0. The minimum absolute atomic E-state index is 0.00839. The van der Waals surface area contributed by atoms with Gasteiger partial charge >= 0.3 is 6.09 Å². The second-order valence-corrected chi connectivity index (χ2v) is 13.1. The number of fused-ring (bicyclic) bond motifs is 1. The summed E-state index contributed by atoms with van der Waals surface area (Å²) in [7, 11) is -0.612. The SMILES string of the molecule is CN[C@H]1CO[C@@H]2OCC[C@H](OC(=O)N[C@@H](Cc3ccccc3)[C@H](O)CN(CC(C)C)S(=O)(=O)c3ccc(OC)cc3)[C@@H]21. The molecule has 2 aliphatic heterocycles. The normalized spacial score (nSPS) is 23.8. The molecule has 1 amide bonds. The summed E-state index contributed by atoms with van der Waals surface area (Å²) in [6.45, 7) is 4.64. The summed E-state index contributed by atoms with van der Waals surface area (Å²) in [4.78, 5) is 13.3. The molecule has 2 saturated heterocycles. The second kappa shape index (κ2) is 14.6. The highest BCUT2D eigenvalue weighted by atomic mass is 32.2. The van der Waals surface area contributed by atoms with Gasteiger partial charge in [0.15, 0.2) is 6.29 Å². The van der Waals surface area contributed by atoms with Crippen LogP contribution >= 0.6 is 0 Å². The van der Waals surface area contributed by atoms with Crippen LogP contribution in [0.4, 0.5) is 4.79 Å². The van der Waals surface area contributed by atoms with E-state index in [0.717, 1.165) is 5.56 Å². The molecule has 232 valence electrons. The Morgan fingerprint density at radius 2 is 1.81 bits per heavy atom. The van der Waals surface area contributed by atoms with Gasteiger partial charge in [0, 0.05) is 25.6 Å². The lowest BCUT2D eigenvalue weighted by Crippen LogP contribution is -2.53. The minimum atomic E-state index is -3.95. The summed E-state index contributed by atoms with van der Waals surface area (Å²) in [6.07, 6.45) is -2.01. The van der Waals surface area contributed by atoms with Gasteiger partial charge in [0.25, 0.3) is 0 Å². The Morgan fingerprint density at radius 3 is 2.45 bits per heavy atom. The summed E-state index contributed by atoms with van der Waals surface area (Å²) < 4.78 is 51.1. The molecule has 0 aliphatic carbocycles. The van der Waals surface area contributed by atoms with Gasteiger partial charge < -0.3 is 34.7 Å². The molecule has 2 heterocycles. The van der Waals surface area contributed by atoms with Crippen molar-refractivity contribution in [2.45, 2.75) is 62.2 Å². The Morgan fingerprint density at radius 1 is 1.10 bits per heavy atom. The van der Waals surface area contributed by atoms with Crippen molar-refractivity contribution in [1.29, 1.82) is 0 Å². The number of aliphatic hydroxyl groups is 1. The quantitative estimate of drug-likeness (QED) is 0.315. The fourth-order valence-corrected chi connectivity index (χ4v) is 7.12. The van der Waals surface area contributed by atoms with Crippen molar-refractivity contribution >= 4 is 16.1 Å². The Bertz CT molecular complexity index is 1240. The van der Waals surface area contributed by atoms with Gasteiger partial charge in [0.05, 0.1) is 43.3 Å². The molecule has 3 N–H and O–H groups in total. The summed E-state index contributed by atoms with van der Waals surface area (Å²) in [5.74, 6) is 0.366. The summed E-state index contributed by atoms with van der Waals surface area (Å²) in [5, 5.41) is 17.5. The van der Waals surface area contributed by atoms with E-state index >= 15 is 0 Å². The number of nitrogens with one attached hydrogen (secondary N) is 2. The van der Waals surface area contributed by atoms with Crippen LogP contribution in [0.5, 0.6) is 5.75 Å². The van der Waals surface area contributed by atoms with Gasteiger partial charge in [-0.1, -0.05) is 44.2 Å². The standard InChI is InChI=1S/C30H43N3O8S/c1-20(2)17-33(42(36,37)23-12-10-22(38-4)11-13-23)18-26(34)24(16-21-8-6-5-7-9-21)32-30(35)41-27-14-15-39-29-28(27)25(31-3)19-40-29/h5-13,20,24-29,31,34H,14-19H2,1-4H3,(H,32,35)/t24-,25-,26+,27-,28-,29-/m0/s1. The molecule has 6 atom stereocenters. The van der Waals surface area contributed by atoms with Crippen LogP contribution in [0.2, 0.25) is 0 Å². The van der Waals surface area contributed by atoms with Gasteiger partial charge in [-0.15, -0.1) is 0 Å². The van der Waals surface area contributed by atoms with Crippen LogP contribution in [0.1, 0.15) is 25.8 Å². The fourth-order valence-electron chi connectivity index (χ4n) is 5.49. The predicted octanol–water partition coefficient (Wildman–Crippen LogP) is 2.39. The van der Waals surface area contributed by atoms with E-state index in [9.17, 15) is 18.3 Å².